The fourth-order valence-corrected chi connectivity index (χ4v) is 2.29. The Morgan fingerprint density at radius 3 is 2.53 bits per heavy atom. The summed E-state index contributed by atoms with van der Waals surface area (Å²) in [6.45, 7) is 0. The van der Waals surface area contributed by atoms with E-state index < -0.39 is 20.2 Å². The zero-order valence-corrected chi connectivity index (χ0v) is 9.70. The number of halogens is 3. The minimum Gasteiger partial charge on any atom is -0.333 e. The maximum absolute atomic E-state index is 12.3. The molecular formula is C8H5F3N2O2S2. The van der Waals surface area contributed by atoms with Crippen molar-refractivity contribution in [1.29, 1.82) is 0 Å². The molecule has 17 heavy (non-hydrogen) atoms. The molecule has 9 heteroatoms. The van der Waals surface area contributed by atoms with E-state index in [0.29, 0.717) is 5.52 Å². The van der Waals surface area contributed by atoms with E-state index in [2.05, 4.69) is 22.6 Å². The molecule has 0 bridgehead atoms. The van der Waals surface area contributed by atoms with Crippen LogP contribution in [0.25, 0.3) is 11.0 Å². The molecule has 0 radical (unpaired) electrons. The van der Waals surface area contributed by atoms with Gasteiger partial charge in [0.2, 0.25) is 0 Å². The van der Waals surface area contributed by atoms with Crippen LogP contribution in [0.2, 0.25) is 0 Å². The summed E-state index contributed by atoms with van der Waals surface area (Å²) in [5, 5.41) is 0.196. The van der Waals surface area contributed by atoms with Crippen LogP contribution in [0.3, 0.4) is 0 Å². The predicted molar refractivity (Wildman–Crippen MR) is 56.6 cm³/mol. The Labute approximate surface area is 99.2 Å². The first-order valence-electron chi connectivity index (χ1n) is 4.22. The van der Waals surface area contributed by atoms with Gasteiger partial charge in [-0.25, -0.2) is 13.4 Å². The van der Waals surface area contributed by atoms with Gasteiger partial charge in [0, 0.05) is 0 Å². The number of benzene rings is 1. The van der Waals surface area contributed by atoms with Gasteiger partial charge in [-0.2, -0.15) is 13.2 Å². The second kappa shape index (κ2) is 3.64. The number of hydrogen-bond acceptors (Lipinski definition) is 4. The lowest BCUT2D eigenvalue weighted by Crippen LogP contribution is -2.23. The summed E-state index contributed by atoms with van der Waals surface area (Å²) in [6, 6.07) is 2.92. The Balaban J connectivity index is 2.65. The number of H-pyrrole nitrogens is 1. The summed E-state index contributed by atoms with van der Waals surface area (Å²) in [6.07, 6.45) is 0. The van der Waals surface area contributed by atoms with Crippen molar-refractivity contribution in [2.45, 2.75) is 15.6 Å². The van der Waals surface area contributed by atoms with Crippen LogP contribution in [0, 0.1) is 0 Å². The Bertz CT molecular complexity index is 676. The second-order valence-electron chi connectivity index (χ2n) is 3.19. The fraction of sp³-hybridized carbons (Fsp3) is 0.125. The van der Waals surface area contributed by atoms with Crippen molar-refractivity contribution in [3.05, 3.63) is 18.2 Å². The zero-order valence-electron chi connectivity index (χ0n) is 7.99. The molecule has 0 unspecified atom stereocenters. The lowest BCUT2D eigenvalue weighted by Gasteiger charge is -2.07. The Hall–Kier alpha value is -1.22. The van der Waals surface area contributed by atoms with Gasteiger partial charge < -0.3 is 4.98 Å². The number of nitrogens with zero attached hydrogens (tertiary/aromatic N) is 1. The highest BCUT2D eigenvalue weighted by Crippen LogP contribution is 2.31. The third-order valence-corrected chi connectivity index (χ3v) is 3.75. The number of alkyl halides is 3. The first-order chi connectivity index (χ1) is 7.72. The lowest BCUT2D eigenvalue weighted by atomic mass is 10.3. The summed E-state index contributed by atoms with van der Waals surface area (Å²) >= 11 is 3.87. The summed E-state index contributed by atoms with van der Waals surface area (Å²) in [5.74, 6) is 0. The molecule has 0 atom stereocenters. The van der Waals surface area contributed by atoms with Crippen LogP contribution in [0.5, 0.6) is 0 Å². The van der Waals surface area contributed by atoms with Gasteiger partial charge >= 0.3 is 5.51 Å². The van der Waals surface area contributed by atoms with Gasteiger partial charge in [-0.05, 0) is 18.2 Å². The smallest absolute Gasteiger partial charge is 0.333 e. The number of hydrogen-bond donors (Lipinski definition) is 2. The largest absolute Gasteiger partial charge is 0.501 e. The van der Waals surface area contributed by atoms with Crippen molar-refractivity contribution in [2.75, 3.05) is 0 Å². The number of thiol groups is 1. The number of fused-ring (bicyclic) bond motifs is 1. The quantitative estimate of drug-likeness (QED) is 0.788. The first-order valence-corrected chi connectivity index (χ1v) is 6.15. The summed E-state index contributed by atoms with van der Waals surface area (Å²) in [7, 11) is -5.33. The summed E-state index contributed by atoms with van der Waals surface area (Å²) in [5.41, 5.74) is -4.79. The minimum atomic E-state index is -5.33. The Kier molecular flexibility index (Phi) is 2.62. The number of nitrogens with one attached hydrogen (secondary N) is 1. The topological polar surface area (TPSA) is 62.8 Å². The Morgan fingerprint density at radius 2 is 1.94 bits per heavy atom. The van der Waals surface area contributed by atoms with Crippen molar-refractivity contribution in [3.63, 3.8) is 0 Å². The highest BCUT2D eigenvalue weighted by molar-refractivity contribution is 7.92. The lowest BCUT2D eigenvalue weighted by molar-refractivity contribution is -0.0435. The van der Waals surface area contributed by atoms with E-state index in [4.69, 9.17) is 0 Å². The van der Waals surface area contributed by atoms with Crippen LogP contribution in [0.1, 0.15) is 0 Å². The maximum Gasteiger partial charge on any atom is 0.501 e. The molecule has 0 amide bonds. The van der Waals surface area contributed by atoms with Crippen LogP contribution < -0.4 is 0 Å². The van der Waals surface area contributed by atoms with Gasteiger partial charge in [0.25, 0.3) is 9.84 Å². The number of aromatic nitrogens is 2. The third kappa shape index (κ3) is 2.00. The highest BCUT2D eigenvalue weighted by atomic mass is 32.2. The molecule has 0 spiro atoms. The van der Waals surface area contributed by atoms with Crippen molar-refractivity contribution >= 4 is 33.5 Å². The van der Waals surface area contributed by atoms with Gasteiger partial charge in [-0.15, -0.1) is 12.6 Å². The molecular weight excluding hydrogens is 277 g/mol. The van der Waals surface area contributed by atoms with E-state index in [1.165, 1.54) is 6.07 Å². The van der Waals surface area contributed by atoms with Crippen molar-refractivity contribution in [2.24, 2.45) is 0 Å². The fourth-order valence-electron chi connectivity index (χ4n) is 1.28. The Morgan fingerprint density at radius 1 is 1.29 bits per heavy atom. The van der Waals surface area contributed by atoms with Crippen LogP contribution in [0.15, 0.2) is 28.3 Å². The standard InChI is InChI=1S/C8H5F3N2O2S2/c9-8(10,11)17(14,15)4-1-2-5-6(3-4)13-7(16)12-5/h1-3H,(H2,12,13,16). The van der Waals surface area contributed by atoms with Crippen molar-refractivity contribution in [1.82, 2.24) is 9.97 Å². The summed E-state index contributed by atoms with van der Waals surface area (Å²) < 4.78 is 59.1. The molecule has 2 rings (SSSR count). The molecule has 1 heterocycles. The maximum atomic E-state index is 12.3. The SMILES string of the molecule is O=S(=O)(c1ccc2nc(S)[nH]c2c1)C(F)(F)F. The van der Waals surface area contributed by atoms with Crippen LogP contribution in [0.4, 0.5) is 13.2 Å². The summed E-state index contributed by atoms with van der Waals surface area (Å²) in [4.78, 5) is 5.55. The molecule has 0 aliphatic heterocycles. The number of imidazole rings is 1. The molecule has 0 aliphatic carbocycles. The molecule has 1 N–H and O–H groups in total. The third-order valence-electron chi connectivity index (χ3n) is 2.06. The van der Waals surface area contributed by atoms with E-state index in [1.54, 1.807) is 0 Å². The average Bonchev–Trinajstić information content (AvgIpc) is 2.54. The molecule has 0 fully saturated rings. The number of sulfone groups is 1. The molecule has 92 valence electrons. The van der Waals surface area contributed by atoms with E-state index in [9.17, 15) is 21.6 Å². The molecule has 2 aromatic rings. The number of aromatic amines is 1. The van der Waals surface area contributed by atoms with Gasteiger partial charge in [-0.1, -0.05) is 0 Å². The molecule has 1 aromatic carbocycles. The van der Waals surface area contributed by atoms with Crippen molar-refractivity contribution in [3.8, 4) is 0 Å². The van der Waals surface area contributed by atoms with Gasteiger partial charge in [-0.3, -0.25) is 0 Å². The van der Waals surface area contributed by atoms with E-state index in [0.717, 1.165) is 12.1 Å². The monoisotopic (exact) mass is 282 g/mol. The second-order valence-corrected chi connectivity index (χ2v) is 5.55. The normalized spacial score (nSPS) is 13.2. The average molecular weight is 282 g/mol. The number of rotatable bonds is 1. The van der Waals surface area contributed by atoms with Crippen molar-refractivity contribution < 1.29 is 21.6 Å². The highest BCUT2D eigenvalue weighted by Gasteiger charge is 2.46. The molecule has 4 nitrogen and oxygen atoms in total. The molecule has 0 saturated carbocycles. The van der Waals surface area contributed by atoms with E-state index >= 15 is 0 Å². The zero-order chi connectivity index (χ0) is 12.8. The first kappa shape index (κ1) is 12.2. The van der Waals surface area contributed by atoms with Gasteiger partial charge in [0.05, 0.1) is 15.9 Å². The molecule has 0 aliphatic rings. The van der Waals surface area contributed by atoms with Crippen LogP contribution >= 0.6 is 12.6 Å². The van der Waals surface area contributed by atoms with Crippen LogP contribution in [-0.4, -0.2) is 23.9 Å². The van der Waals surface area contributed by atoms with E-state index in [-0.39, 0.29) is 10.7 Å². The molecule has 0 saturated heterocycles. The van der Waals surface area contributed by atoms with Gasteiger partial charge in [0.1, 0.15) is 0 Å². The minimum absolute atomic E-state index is 0.181. The van der Waals surface area contributed by atoms with Crippen LogP contribution in [-0.2, 0) is 9.84 Å². The molecule has 1 aromatic heterocycles. The van der Waals surface area contributed by atoms with Gasteiger partial charge in [0.15, 0.2) is 5.16 Å². The predicted octanol–water partition coefficient (Wildman–Crippen LogP) is 2.15. The van der Waals surface area contributed by atoms with E-state index in [1.807, 2.05) is 0 Å².